The predicted molar refractivity (Wildman–Crippen MR) is 80.2 cm³/mol. The van der Waals surface area contributed by atoms with Crippen molar-refractivity contribution in [3.63, 3.8) is 0 Å². The van der Waals surface area contributed by atoms with Gasteiger partial charge in [0.25, 0.3) is 0 Å². The third-order valence-corrected chi connectivity index (χ3v) is 4.37. The van der Waals surface area contributed by atoms with E-state index in [0.717, 1.165) is 28.6 Å². The number of aliphatic hydroxyl groups excluding tert-OH is 1. The van der Waals surface area contributed by atoms with Crippen LogP contribution in [0.1, 0.15) is 44.2 Å². The topological polar surface area (TPSA) is 55.5 Å². The van der Waals surface area contributed by atoms with E-state index in [1.807, 2.05) is 25.1 Å². The molecular formula is C15H22BrNO2. The van der Waals surface area contributed by atoms with Gasteiger partial charge >= 0.3 is 0 Å². The quantitative estimate of drug-likeness (QED) is 0.871. The summed E-state index contributed by atoms with van der Waals surface area (Å²) in [5.41, 5.74) is 7.15. The molecule has 1 fully saturated rings. The average molecular weight is 328 g/mol. The van der Waals surface area contributed by atoms with Gasteiger partial charge < -0.3 is 15.6 Å². The summed E-state index contributed by atoms with van der Waals surface area (Å²) in [6.45, 7) is 2.55. The van der Waals surface area contributed by atoms with Gasteiger partial charge in [-0.3, -0.25) is 0 Å². The summed E-state index contributed by atoms with van der Waals surface area (Å²) in [6, 6.07) is 5.41. The smallest absolute Gasteiger partial charge is 0.124 e. The van der Waals surface area contributed by atoms with Gasteiger partial charge in [0.2, 0.25) is 0 Å². The summed E-state index contributed by atoms with van der Waals surface area (Å²) in [6.07, 6.45) is 4.06. The van der Waals surface area contributed by atoms with Crippen LogP contribution in [-0.2, 0) is 0 Å². The first kappa shape index (κ1) is 14.8. The van der Waals surface area contributed by atoms with E-state index in [-0.39, 0.29) is 6.04 Å². The van der Waals surface area contributed by atoms with Crippen LogP contribution in [0.2, 0.25) is 0 Å². The highest BCUT2D eigenvalue weighted by Gasteiger charge is 2.30. The van der Waals surface area contributed by atoms with Crippen LogP contribution in [-0.4, -0.2) is 17.8 Å². The van der Waals surface area contributed by atoms with Gasteiger partial charge in [-0.05, 0) is 43.9 Å². The van der Waals surface area contributed by atoms with Crippen LogP contribution in [0.5, 0.6) is 5.75 Å². The van der Waals surface area contributed by atoms with Crippen molar-refractivity contribution >= 4 is 15.9 Å². The van der Waals surface area contributed by atoms with Crippen molar-refractivity contribution in [1.82, 2.24) is 0 Å². The molecule has 4 heteroatoms. The Morgan fingerprint density at radius 2 is 2.11 bits per heavy atom. The van der Waals surface area contributed by atoms with Gasteiger partial charge in [-0.1, -0.05) is 28.8 Å². The Balaban J connectivity index is 2.20. The highest BCUT2D eigenvalue weighted by molar-refractivity contribution is 9.10. The fraction of sp³-hybridized carbons (Fsp3) is 0.600. The van der Waals surface area contributed by atoms with E-state index >= 15 is 0 Å². The number of aliphatic hydroxyl groups is 1. The fourth-order valence-corrected chi connectivity index (χ4v) is 3.22. The molecule has 0 aromatic heterocycles. The first-order valence-electron chi connectivity index (χ1n) is 6.99. The molecule has 1 aromatic carbocycles. The second-order valence-corrected chi connectivity index (χ2v) is 6.09. The first-order valence-corrected chi connectivity index (χ1v) is 7.78. The van der Waals surface area contributed by atoms with Gasteiger partial charge in [0.05, 0.1) is 18.8 Å². The number of halogens is 1. The summed E-state index contributed by atoms with van der Waals surface area (Å²) in [5.74, 6) is 1.10. The molecule has 3 N–H and O–H groups in total. The highest BCUT2D eigenvalue weighted by atomic mass is 79.9. The Morgan fingerprint density at radius 3 is 2.74 bits per heavy atom. The van der Waals surface area contributed by atoms with Crippen LogP contribution in [0, 0.1) is 5.92 Å². The van der Waals surface area contributed by atoms with Crippen LogP contribution in [0.4, 0.5) is 0 Å². The molecule has 3 nitrogen and oxygen atoms in total. The minimum Gasteiger partial charge on any atom is -0.494 e. The molecule has 2 atom stereocenters. The van der Waals surface area contributed by atoms with Gasteiger partial charge in [-0.25, -0.2) is 0 Å². The lowest BCUT2D eigenvalue weighted by Gasteiger charge is -2.26. The van der Waals surface area contributed by atoms with Crippen molar-refractivity contribution in [1.29, 1.82) is 0 Å². The van der Waals surface area contributed by atoms with Crippen molar-refractivity contribution in [2.45, 2.75) is 44.8 Å². The van der Waals surface area contributed by atoms with Gasteiger partial charge in [-0.2, -0.15) is 0 Å². The summed E-state index contributed by atoms with van der Waals surface area (Å²) >= 11 is 3.46. The van der Waals surface area contributed by atoms with Crippen LogP contribution in [0.25, 0.3) is 0 Å². The standard InChI is InChI=1S/C15H22BrNO2/c1-2-19-13-8-7-11(16)9-12(13)14(17)15(18)10-5-3-4-6-10/h7-10,14-15,18H,2-6,17H2,1H3/t14-,15+/m0/s1. The van der Waals surface area contributed by atoms with Crippen molar-refractivity contribution in [3.8, 4) is 5.75 Å². The van der Waals surface area contributed by atoms with Gasteiger partial charge in [0, 0.05) is 10.0 Å². The van der Waals surface area contributed by atoms with Gasteiger partial charge in [0.1, 0.15) is 5.75 Å². The number of hydrogen-bond acceptors (Lipinski definition) is 3. The molecule has 0 amide bonds. The number of nitrogens with two attached hydrogens (primary N) is 1. The zero-order valence-corrected chi connectivity index (χ0v) is 12.9. The Kier molecular flexibility index (Phi) is 5.25. The Morgan fingerprint density at radius 1 is 1.42 bits per heavy atom. The average Bonchev–Trinajstić information content (AvgIpc) is 2.93. The number of benzene rings is 1. The van der Waals surface area contributed by atoms with E-state index in [0.29, 0.717) is 12.5 Å². The molecule has 0 spiro atoms. The lowest BCUT2D eigenvalue weighted by atomic mass is 9.90. The summed E-state index contributed by atoms with van der Waals surface area (Å²) in [5, 5.41) is 10.5. The number of rotatable bonds is 5. The van der Waals surface area contributed by atoms with Gasteiger partial charge in [0.15, 0.2) is 0 Å². The molecule has 0 heterocycles. The van der Waals surface area contributed by atoms with E-state index in [9.17, 15) is 5.11 Å². The third kappa shape index (κ3) is 3.50. The normalized spacial score (nSPS) is 19.4. The molecule has 0 aliphatic heterocycles. The highest BCUT2D eigenvalue weighted by Crippen LogP contribution is 2.36. The van der Waals surface area contributed by atoms with Crippen LogP contribution in [0.3, 0.4) is 0 Å². The number of hydrogen-bond donors (Lipinski definition) is 2. The molecule has 19 heavy (non-hydrogen) atoms. The maximum absolute atomic E-state index is 10.5. The lowest BCUT2D eigenvalue weighted by molar-refractivity contribution is 0.0833. The third-order valence-electron chi connectivity index (χ3n) is 3.88. The fourth-order valence-electron chi connectivity index (χ4n) is 2.84. The zero-order valence-electron chi connectivity index (χ0n) is 11.3. The maximum Gasteiger partial charge on any atom is 0.124 e. The second kappa shape index (κ2) is 6.73. The van der Waals surface area contributed by atoms with E-state index in [4.69, 9.17) is 10.5 Å². The van der Waals surface area contributed by atoms with E-state index in [1.54, 1.807) is 0 Å². The molecule has 1 saturated carbocycles. The molecule has 1 aliphatic carbocycles. The second-order valence-electron chi connectivity index (χ2n) is 5.18. The lowest BCUT2D eigenvalue weighted by Crippen LogP contribution is -2.32. The molecule has 106 valence electrons. The summed E-state index contributed by atoms with van der Waals surface area (Å²) in [7, 11) is 0. The molecule has 0 bridgehead atoms. The Bertz CT molecular complexity index is 419. The minimum atomic E-state index is -0.490. The Hall–Kier alpha value is -0.580. The van der Waals surface area contributed by atoms with E-state index < -0.39 is 6.10 Å². The predicted octanol–water partition coefficient (Wildman–Crippen LogP) is 3.40. The van der Waals surface area contributed by atoms with Crippen molar-refractivity contribution in [2.75, 3.05) is 6.61 Å². The van der Waals surface area contributed by atoms with Crippen LogP contribution >= 0.6 is 15.9 Å². The molecule has 0 unspecified atom stereocenters. The molecule has 2 rings (SSSR count). The molecule has 0 saturated heterocycles. The van der Waals surface area contributed by atoms with Gasteiger partial charge in [-0.15, -0.1) is 0 Å². The van der Waals surface area contributed by atoms with Crippen LogP contribution in [0.15, 0.2) is 22.7 Å². The molecular weight excluding hydrogens is 306 g/mol. The Labute approximate surface area is 123 Å². The molecule has 0 radical (unpaired) electrons. The molecule has 1 aliphatic rings. The minimum absolute atomic E-state index is 0.323. The monoisotopic (exact) mass is 327 g/mol. The summed E-state index contributed by atoms with van der Waals surface area (Å²) < 4.78 is 6.57. The van der Waals surface area contributed by atoms with Crippen molar-refractivity contribution in [3.05, 3.63) is 28.2 Å². The number of ether oxygens (including phenoxy) is 1. The van der Waals surface area contributed by atoms with Crippen molar-refractivity contribution in [2.24, 2.45) is 11.7 Å². The summed E-state index contributed by atoms with van der Waals surface area (Å²) in [4.78, 5) is 0. The van der Waals surface area contributed by atoms with E-state index in [2.05, 4.69) is 15.9 Å². The zero-order chi connectivity index (χ0) is 13.8. The first-order chi connectivity index (χ1) is 9.13. The maximum atomic E-state index is 10.5. The largest absolute Gasteiger partial charge is 0.494 e. The van der Waals surface area contributed by atoms with E-state index in [1.165, 1.54) is 12.8 Å². The molecule has 1 aromatic rings. The van der Waals surface area contributed by atoms with Crippen LogP contribution < -0.4 is 10.5 Å². The SMILES string of the molecule is CCOc1ccc(Br)cc1[C@H](N)[C@H](O)C1CCCC1. The van der Waals surface area contributed by atoms with Crippen molar-refractivity contribution < 1.29 is 9.84 Å².